The topological polar surface area (TPSA) is 43.8 Å². The summed E-state index contributed by atoms with van der Waals surface area (Å²) >= 11 is 0. The SMILES string of the molecule is CC1(C)OB(c2cncc(CN3CCOCC3)c2)OC1(C)C. The van der Waals surface area contributed by atoms with Crippen LogP contribution in [0.4, 0.5) is 0 Å². The van der Waals surface area contributed by atoms with Crippen molar-refractivity contribution in [3.05, 3.63) is 24.0 Å². The maximum absolute atomic E-state index is 6.10. The van der Waals surface area contributed by atoms with Crippen molar-refractivity contribution in [2.45, 2.75) is 45.4 Å². The summed E-state index contributed by atoms with van der Waals surface area (Å²) in [6.45, 7) is 12.7. The number of pyridine rings is 1. The molecule has 120 valence electrons. The van der Waals surface area contributed by atoms with Gasteiger partial charge in [-0.1, -0.05) is 6.07 Å². The maximum atomic E-state index is 6.10. The van der Waals surface area contributed by atoms with E-state index >= 15 is 0 Å². The van der Waals surface area contributed by atoms with Gasteiger partial charge in [0.1, 0.15) is 0 Å². The molecule has 5 nitrogen and oxygen atoms in total. The first-order valence-electron chi connectivity index (χ1n) is 7.97. The van der Waals surface area contributed by atoms with Crippen LogP contribution in [0.15, 0.2) is 18.5 Å². The predicted molar refractivity (Wildman–Crippen MR) is 86.0 cm³/mol. The first-order chi connectivity index (χ1) is 10.4. The molecular formula is C16H25BN2O3. The van der Waals surface area contributed by atoms with Crippen molar-refractivity contribution in [2.24, 2.45) is 0 Å². The molecule has 0 aromatic carbocycles. The van der Waals surface area contributed by atoms with E-state index in [-0.39, 0.29) is 18.3 Å². The van der Waals surface area contributed by atoms with Gasteiger partial charge in [-0.05, 0) is 33.3 Å². The highest BCUT2D eigenvalue weighted by Crippen LogP contribution is 2.36. The smallest absolute Gasteiger partial charge is 0.399 e. The lowest BCUT2D eigenvalue weighted by Gasteiger charge is -2.32. The van der Waals surface area contributed by atoms with Gasteiger partial charge >= 0.3 is 7.12 Å². The zero-order chi connectivity index (χ0) is 15.8. The Morgan fingerprint density at radius 2 is 1.73 bits per heavy atom. The molecule has 3 rings (SSSR count). The number of rotatable bonds is 3. The van der Waals surface area contributed by atoms with Gasteiger partial charge in [0, 0.05) is 37.5 Å². The molecule has 0 N–H and O–H groups in total. The van der Waals surface area contributed by atoms with Gasteiger partial charge in [0.05, 0.1) is 24.4 Å². The van der Waals surface area contributed by atoms with Crippen molar-refractivity contribution >= 4 is 12.6 Å². The molecule has 1 aromatic heterocycles. The van der Waals surface area contributed by atoms with E-state index in [9.17, 15) is 0 Å². The van der Waals surface area contributed by atoms with Crippen molar-refractivity contribution in [1.82, 2.24) is 9.88 Å². The molecular weight excluding hydrogens is 279 g/mol. The number of hydrogen-bond donors (Lipinski definition) is 0. The quantitative estimate of drug-likeness (QED) is 0.786. The third-order valence-corrected chi connectivity index (χ3v) is 4.85. The lowest BCUT2D eigenvalue weighted by Crippen LogP contribution is -2.41. The zero-order valence-corrected chi connectivity index (χ0v) is 14.0. The lowest BCUT2D eigenvalue weighted by molar-refractivity contribution is 0.00578. The van der Waals surface area contributed by atoms with Crippen LogP contribution in [0.3, 0.4) is 0 Å². The molecule has 2 fully saturated rings. The number of ether oxygens (including phenoxy) is 1. The summed E-state index contributed by atoms with van der Waals surface area (Å²) < 4.78 is 17.6. The van der Waals surface area contributed by atoms with Gasteiger partial charge in [-0.3, -0.25) is 9.88 Å². The third kappa shape index (κ3) is 3.20. The van der Waals surface area contributed by atoms with E-state index in [1.54, 1.807) is 0 Å². The molecule has 0 aliphatic carbocycles. The summed E-state index contributed by atoms with van der Waals surface area (Å²) in [4.78, 5) is 6.76. The average Bonchev–Trinajstić information content (AvgIpc) is 2.69. The number of aromatic nitrogens is 1. The van der Waals surface area contributed by atoms with Crippen LogP contribution in [0.5, 0.6) is 0 Å². The van der Waals surface area contributed by atoms with E-state index < -0.39 is 0 Å². The van der Waals surface area contributed by atoms with Gasteiger partial charge < -0.3 is 14.0 Å². The van der Waals surface area contributed by atoms with E-state index in [0.29, 0.717) is 0 Å². The Kier molecular flexibility index (Phi) is 4.29. The third-order valence-electron chi connectivity index (χ3n) is 4.85. The molecule has 3 heterocycles. The van der Waals surface area contributed by atoms with Gasteiger partial charge in [0.15, 0.2) is 0 Å². The Bertz CT molecular complexity index is 514. The van der Waals surface area contributed by atoms with Crippen molar-refractivity contribution < 1.29 is 14.0 Å². The van der Waals surface area contributed by atoms with Crippen LogP contribution < -0.4 is 5.46 Å². The predicted octanol–water partition coefficient (Wildman–Crippen LogP) is 1.21. The molecule has 0 bridgehead atoms. The van der Waals surface area contributed by atoms with Crippen LogP contribution in [-0.2, 0) is 20.6 Å². The summed E-state index contributed by atoms with van der Waals surface area (Å²) in [5, 5.41) is 0. The molecule has 22 heavy (non-hydrogen) atoms. The molecule has 6 heteroatoms. The molecule has 1 aromatic rings. The molecule has 2 saturated heterocycles. The molecule has 2 aliphatic rings. The van der Waals surface area contributed by atoms with Gasteiger partial charge in [0.25, 0.3) is 0 Å². The van der Waals surface area contributed by atoms with E-state index in [2.05, 4.69) is 43.6 Å². The molecule has 0 spiro atoms. The van der Waals surface area contributed by atoms with E-state index in [1.807, 2.05) is 12.4 Å². The van der Waals surface area contributed by atoms with Crippen LogP contribution in [0.1, 0.15) is 33.3 Å². The lowest BCUT2D eigenvalue weighted by atomic mass is 9.80. The van der Waals surface area contributed by atoms with Crippen molar-refractivity contribution in [3.8, 4) is 0 Å². The number of nitrogens with zero attached hydrogens (tertiary/aromatic N) is 2. The summed E-state index contributed by atoms with van der Waals surface area (Å²) in [6, 6.07) is 2.14. The summed E-state index contributed by atoms with van der Waals surface area (Å²) in [5.74, 6) is 0. The van der Waals surface area contributed by atoms with Gasteiger partial charge in [-0.2, -0.15) is 0 Å². The van der Waals surface area contributed by atoms with E-state index in [4.69, 9.17) is 14.0 Å². The monoisotopic (exact) mass is 304 g/mol. The van der Waals surface area contributed by atoms with Crippen LogP contribution in [0, 0.1) is 0 Å². The minimum atomic E-state index is -0.345. The summed E-state index contributed by atoms with van der Waals surface area (Å²) in [5.41, 5.74) is 1.54. The fourth-order valence-electron chi connectivity index (χ4n) is 2.72. The number of hydrogen-bond acceptors (Lipinski definition) is 5. The second kappa shape index (κ2) is 5.93. The Morgan fingerprint density at radius 1 is 1.09 bits per heavy atom. The number of morpholine rings is 1. The summed E-state index contributed by atoms with van der Waals surface area (Å²) in [7, 11) is -0.345. The Hall–Kier alpha value is -0.945. The van der Waals surface area contributed by atoms with Gasteiger partial charge in [-0.15, -0.1) is 0 Å². The summed E-state index contributed by atoms with van der Waals surface area (Å²) in [6.07, 6.45) is 3.76. The Labute approximate surface area is 133 Å². The van der Waals surface area contributed by atoms with Gasteiger partial charge in [0.2, 0.25) is 0 Å². The molecule has 2 aliphatic heterocycles. The van der Waals surface area contributed by atoms with Crippen molar-refractivity contribution in [2.75, 3.05) is 26.3 Å². The molecule has 0 saturated carbocycles. The highest BCUT2D eigenvalue weighted by Gasteiger charge is 2.51. The highest BCUT2D eigenvalue weighted by atomic mass is 16.7. The Balaban J connectivity index is 1.72. The molecule has 0 amide bonds. The van der Waals surface area contributed by atoms with Crippen LogP contribution in [-0.4, -0.2) is 54.5 Å². The fourth-order valence-corrected chi connectivity index (χ4v) is 2.72. The highest BCUT2D eigenvalue weighted by molar-refractivity contribution is 6.62. The van der Waals surface area contributed by atoms with E-state index in [0.717, 1.165) is 38.3 Å². The molecule has 0 atom stereocenters. The minimum absolute atomic E-state index is 0.322. The Morgan fingerprint density at radius 3 is 2.36 bits per heavy atom. The maximum Gasteiger partial charge on any atom is 0.496 e. The molecule has 0 radical (unpaired) electrons. The van der Waals surface area contributed by atoms with Crippen molar-refractivity contribution in [1.29, 1.82) is 0 Å². The molecule has 0 unspecified atom stereocenters. The van der Waals surface area contributed by atoms with Crippen LogP contribution in [0.25, 0.3) is 0 Å². The minimum Gasteiger partial charge on any atom is -0.399 e. The second-order valence-corrected chi connectivity index (χ2v) is 7.10. The van der Waals surface area contributed by atoms with Crippen molar-refractivity contribution in [3.63, 3.8) is 0 Å². The van der Waals surface area contributed by atoms with E-state index in [1.165, 1.54) is 5.56 Å². The largest absolute Gasteiger partial charge is 0.496 e. The standard InChI is InChI=1S/C16H25BN2O3/c1-15(2)16(3,4)22-17(21-15)14-9-13(10-18-11-14)12-19-5-7-20-8-6-19/h9-11H,5-8,12H2,1-4H3. The first-order valence-corrected chi connectivity index (χ1v) is 7.97. The zero-order valence-electron chi connectivity index (χ0n) is 14.0. The van der Waals surface area contributed by atoms with Crippen LogP contribution in [0.2, 0.25) is 0 Å². The normalized spacial score (nSPS) is 24.6. The first kappa shape index (κ1) is 15.9. The van der Waals surface area contributed by atoms with Gasteiger partial charge in [-0.25, -0.2) is 0 Å². The average molecular weight is 304 g/mol. The second-order valence-electron chi connectivity index (χ2n) is 7.10. The van der Waals surface area contributed by atoms with Crippen LogP contribution >= 0.6 is 0 Å². The fraction of sp³-hybridized carbons (Fsp3) is 0.688.